The van der Waals surface area contributed by atoms with E-state index in [0.29, 0.717) is 31.2 Å². The zero-order valence-electron chi connectivity index (χ0n) is 14.1. The summed E-state index contributed by atoms with van der Waals surface area (Å²) >= 11 is 0. The highest BCUT2D eigenvalue weighted by atomic mass is 16.5. The molecule has 1 aromatic heterocycles. The number of likely N-dealkylation sites (tertiary alicyclic amines) is 1. The Morgan fingerprint density at radius 3 is 2.80 bits per heavy atom. The Morgan fingerprint density at radius 2 is 2.00 bits per heavy atom. The van der Waals surface area contributed by atoms with Gasteiger partial charge in [-0.3, -0.25) is 4.79 Å². The van der Waals surface area contributed by atoms with Crippen LogP contribution in [0.4, 0.5) is 0 Å². The number of aromatic nitrogens is 2. The van der Waals surface area contributed by atoms with E-state index in [9.17, 15) is 4.79 Å². The van der Waals surface area contributed by atoms with E-state index in [4.69, 9.17) is 4.52 Å². The third-order valence-electron chi connectivity index (χ3n) is 4.50. The maximum atomic E-state index is 12.3. The monoisotopic (exact) mass is 333 g/mol. The predicted octanol–water partition coefficient (Wildman–Crippen LogP) is 3.56. The molecule has 5 nitrogen and oxygen atoms in total. The minimum absolute atomic E-state index is 0.0153. The molecule has 0 aliphatic carbocycles. The molecule has 1 aliphatic heterocycles. The standard InChI is InChI=1S/C20H19N3O2/c1-14-6-5-9-16(10-14)20-21-19(22-25-20)17-11-18(24)23(13-17)12-15-7-3-2-4-8-15/h2-10,17H,11-13H2,1H3. The van der Waals surface area contributed by atoms with Crippen LogP contribution in [-0.2, 0) is 11.3 Å². The van der Waals surface area contributed by atoms with Crippen LogP contribution in [0.2, 0.25) is 0 Å². The second-order valence-electron chi connectivity index (χ2n) is 6.49. The molecule has 2 aromatic carbocycles. The fraction of sp³-hybridized carbons (Fsp3) is 0.250. The van der Waals surface area contributed by atoms with Gasteiger partial charge >= 0.3 is 0 Å². The molecule has 1 aliphatic rings. The van der Waals surface area contributed by atoms with Gasteiger partial charge in [0.25, 0.3) is 5.89 Å². The molecule has 1 atom stereocenters. The number of amides is 1. The molecule has 5 heteroatoms. The number of carbonyl (C=O) groups excluding carboxylic acids is 1. The van der Waals surface area contributed by atoms with Gasteiger partial charge < -0.3 is 9.42 Å². The van der Waals surface area contributed by atoms with E-state index in [1.165, 1.54) is 0 Å². The third kappa shape index (κ3) is 3.31. The molecular weight excluding hydrogens is 314 g/mol. The van der Waals surface area contributed by atoms with Gasteiger partial charge in [-0.25, -0.2) is 0 Å². The summed E-state index contributed by atoms with van der Waals surface area (Å²) in [4.78, 5) is 18.7. The first-order valence-electron chi connectivity index (χ1n) is 8.41. The summed E-state index contributed by atoms with van der Waals surface area (Å²) in [5.41, 5.74) is 3.18. The van der Waals surface area contributed by atoms with Gasteiger partial charge in [-0.1, -0.05) is 53.2 Å². The minimum Gasteiger partial charge on any atom is -0.338 e. The number of hydrogen-bond acceptors (Lipinski definition) is 4. The van der Waals surface area contributed by atoms with Gasteiger partial charge in [0.05, 0.1) is 0 Å². The lowest BCUT2D eigenvalue weighted by Crippen LogP contribution is -2.24. The van der Waals surface area contributed by atoms with Crippen molar-refractivity contribution in [2.24, 2.45) is 0 Å². The lowest BCUT2D eigenvalue weighted by atomic mass is 10.1. The van der Waals surface area contributed by atoms with Crippen molar-refractivity contribution in [3.63, 3.8) is 0 Å². The maximum absolute atomic E-state index is 12.3. The smallest absolute Gasteiger partial charge is 0.257 e. The van der Waals surface area contributed by atoms with Crippen LogP contribution in [0.3, 0.4) is 0 Å². The first-order valence-corrected chi connectivity index (χ1v) is 8.41. The van der Waals surface area contributed by atoms with Gasteiger partial charge in [-0.15, -0.1) is 0 Å². The second-order valence-corrected chi connectivity index (χ2v) is 6.49. The van der Waals surface area contributed by atoms with Gasteiger partial charge in [-0.05, 0) is 24.6 Å². The fourth-order valence-electron chi connectivity index (χ4n) is 3.20. The van der Waals surface area contributed by atoms with Crippen LogP contribution in [0.5, 0.6) is 0 Å². The van der Waals surface area contributed by atoms with Crippen LogP contribution >= 0.6 is 0 Å². The highest BCUT2D eigenvalue weighted by Gasteiger charge is 2.33. The SMILES string of the molecule is Cc1cccc(-c2nc(C3CC(=O)N(Cc4ccccc4)C3)no2)c1. The highest BCUT2D eigenvalue weighted by Crippen LogP contribution is 2.29. The summed E-state index contributed by atoms with van der Waals surface area (Å²) in [6.45, 7) is 3.27. The molecule has 1 unspecified atom stereocenters. The molecule has 3 aromatic rings. The van der Waals surface area contributed by atoms with E-state index in [1.54, 1.807) is 0 Å². The van der Waals surface area contributed by atoms with Gasteiger partial charge in [0, 0.05) is 31.0 Å². The predicted molar refractivity (Wildman–Crippen MR) is 93.7 cm³/mol. The zero-order valence-corrected chi connectivity index (χ0v) is 14.1. The summed E-state index contributed by atoms with van der Waals surface area (Å²) in [6, 6.07) is 18.0. The Labute approximate surface area is 146 Å². The lowest BCUT2D eigenvalue weighted by molar-refractivity contribution is -0.128. The van der Waals surface area contributed by atoms with E-state index in [-0.39, 0.29) is 11.8 Å². The molecule has 1 fully saturated rings. The van der Waals surface area contributed by atoms with Gasteiger partial charge in [0.2, 0.25) is 5.91 Å². The summed E-state index contributed by atoms with van der Waals surface area (Å²) in [7, 11) is 0. The maximum Gasteiger partial charge on any atom is 0.257 e. The summed E-state index contributed by atoms with van der Waals surface area (Å²) in [5.74, 6) is 1.24. The molecule has 0 N–H and O–H groups in total. The Hall–Kier alpha value is -2.95. The van der Waals surface area contributed by atoms with Crippen molar-refractivity contribution in [1.29, 1.82) is 0 Å². The van der Waals surface area contributed by atoms with Gasteiger partial charge in [0.15, 0.2) is 5.82 Å². The van der Waals surface area contributed by atoms with Crippen LogP contribution < -0.4 is 0 Å². The number of benzene rings is 2. The molecule has 0 spiro atoms. The molecule has 0 bridgehead atoms. The first kappa shape index (κ1) is 15.6. The van der Waals surface area contributed by atoms with E-state index in [0.717, 1.165) is 16.7 Å². The van der Waals surface area contributed by atoms with Crippen molar-refractivity contribution < 1.29 is 9.32 Å². The van der Waals surface area contributed by atoms with E-state index < -0.39 is 0 Å². The Kier molecular flexibility index (Phi) is 4.06. The molecule has 126 valence electrons. The normalized spacial score (nSPS) is 17.2. The van der Waals surface area contributed by atoms with Crippen molar-refractivity contribution >= 4 is 5.91 Å². The van der Waals surface area contributed by atoms with Crippen LogP contribution in [0.25, 0.3) is 11.5 Å². The highest BCUT2D eigenvalue weighted by molar-refractivity contribution is 5.79. The van der Waals surface area contributed by atoms with E-state index in [1.807, 2.05) is 66.4 Å². The van der Waals surface area contributed by atoms with E-state index >= 15 is 0 Å². The molecular formula is C20H19N3O2. The number of aryl methyl sites for hydroxylation is 1. The summed E-state index contributed by atoms with van der Waals surface area (Å²) in [5, 5.41) is 4.12. The van der Waals surface area contributed by atoms with Gasteiger partial charge in [-0.2, -0.15) is 4.98 Å². The Bertz CT molecular complexity index is 889. The summed E-state index contributed by atoms with van der Waals surface area (Å²) < 4.78 is 5.42. The molecule has 25 heavy (non-hydrogen) atoms. The molecule has 0 radical (unpaired) electrons. The number of rotatable bonds is 4. The van der Waals surface area contributed by atoms with Crippen LogP contribution in [0.15, 0.2) is 59.1 Å². The fourth-order valence-corrected chi connectivity index (χ4v) is 3.20. The average molecular weight is 333 g/mol. The van der Waals surface area contributed by atoms with Gasteiger partial charge in [0.1, 0.15) is 0 Å². The number of hydrogen-bond donors (Lipinski definition) is 0. The molecule has 2 heterocycles. The second kappa shape index (κ2) is 6.51. The largest absolute Gasteiger partial charge is 0.338 e. The van der Waals surface area contributed by atoms with E-state index in [2.05, 4.69) is 10.1 Å². The molecule has 4 rings (SSSR count). The van der Waals surface area contributed by atoms with Crippen molar-refractivity contribution in [3.05, 3.63) is 71.5 Å². The van der Waals surface area contributed by atoms with Crippen molar-refractivity contribution in [1.82, 2.24) is 15.0 Å². The third-order valence-corrected chi connectivity index (χ3v) is 4.50. The first-order chi connectivity index (χ1) is 12.2. The Morgan fingerprint density at radius 1 is 1.16 bits per heavy atom. The van der Waals surface area contributed by atoms with Crippen LogP contribution in [-0.4, -0.2) is 27.5 Å². The Balaban J connectivity index is 1.49. The van der Waals surface area contributed by atoms with Crippen LogP contribution in [0.1, 0.15) is 29.3 Å². The average Bonchev–Trinajstić information content (AvgIpc) is 3.24. The zero-order chi connectivity index (χ0) is 17.2. The van der Waals surface area contributed by atoms with Crippen molar-refractivity contribution in [2.45, 2.75) is 25.8 Å². The lowest BCUT2D eigenvalue weighted by Gasteiger charge is -2.15. The van der Waals surface area contributed by atoms with Crippen molar-refractivity contribution in [2.75, 3.05) is 6.54 Å². The molecule has 1 saturated heterocycles. The quantitative estimate of drug-likeness (QED) is 0.732. The topological polar surface area (TPSA) is 59.2 Å². The summed E-state index contributed by atoms with van der Waals surface area (Å²) in [6.07, 6.45) is 0.430. The molecule has 0 saturated carbocycles. The van der Waals surface area contributed by atoms with Crippen LogP contribution in [0, 0.1) is 6.92 Å². The van der Waals surface area contributed by atoms with Crippen molar-refractivity contribution in [3.8, 4) is 11.5 Å². The number of carbonyl (C=O) groups is 1. The molecule has 1 amide bonds. The number of nitrogens with zero attached hydrogens (tertiary/aromatic N) is 3. The minimum atomic E-state index is -0.0153.